The maximum atomic E-state index is 9.30. The van der Waals surface area contributed by atoms with Gasteiger partial charge in [0.2, 0.25) is 0 Å². The molecule has 5 heteroatoms. The van der Waals surface area contributed by atoms with Crippen molar-refractivity contribution in [1.82, 2.24) is 14.6 Å². The van der Waals surface area contributed by atoms with Crippen molar-refractivity contribution in [2.75, 3.05) is 18.5 Å². The van der Waals surface area contributed by atoms with Crippen LogP contribution in [0.1, 0.15) is 19.0 Å². The Labute approximate surface area is 101 Å². The molecule has 2 aromatic heterocycles. The number of hydrogen-bond donors (Lipinski definition) is 1. The molecule has 0 aliphatic rings. The molecular weight excluding hydrogens is 216 g/mol. The summed E-state index contributed by atoms with van der Waals surface area (Å²) in [5.74, 6) is 0.897. The Morgan fingerprint density at radius 2 is 2.29 bits per heavy atom. The van der Waals surface area contributed by atoms with Crippen LogP contribution < -0.4 is 4.90 Å². The Balaban J connectivity index is 2.28. The van der Waals surface area contributed by atoms with Crippen molar-refractivity contribution in [3.05, 3.63) is 24.2 Å². The van der Waals surface area contributed by atoms with E-state index >= 15 is 0 Å². The van der Waals surface area contributed by atoms with E-state index in [0.29, 0.717) is 0 Å². The molecular formula is C12H18N4O. The third kappa shape index (κ3) is 2.55. The van der Waals surface area contributed by atoms with Crippen molar-refractivity contribution >= 4 is 11.3 Å². The van der Waals surface area contributed by atoms with Gasteiger partial charge in [0.15, 0.2) is 5.82 Å². The fourth-order valence-electron chi connectivity index (χ4n) is 1.81. The molecule has 0 amide bonds. The highest BCUT2D eigenvalue weighted by molar-refractivity contribution is 5.68. The van der Waals surface area contributed by atoms with Gasteiger partial charge in [0, 0.05) is 26.0 Å². The first kappa shape index (κ1) is 11.9. The number of aliphatic hydroxyl groups excluding tert-OH is 1. The Morgan fingerprint density at radius 3 is 3.00 bits per heavy atom. The van der Waals surface area contributed by atoms with Crippen LogP contribution in [0.15, 0.2) is 18.5 Å². The van der Waals surface area contributed by atoms with Crippen molar-refractivity contribution in [3.63, 3.8) is 0 Å². The zero-order valence-electron chi connectivity index (χ0n) is 10.5. The second-order valence-electron chi connectivity index (χ2n) is 4.43. The van der Waals surface area contributed by atoms with Crippen LogP contribution in [0, 0.1) is 6.92 Å². The van der Waals surface area contributed by atoms with E-state index in [1.165, 1.54) is 0 Å². The highest BCUT2D eigenvalue weighted by atomic mass is 16.3. The number of rotatable bonds is 4. The fraction of sp³-hybridized carbons (Fsp3) is 0.500. The van der Waals surface area contributed by atoms with Gasteiger partial charge in [0.25, 0.3) is 0 Å². The second-order valence-corrected chi connectivity index (χ2v) is 4.43. The largest absolute Gasteiger partial charge is 0.393 e. The topological polar surface area (TPSA) is 53.7 Å². The SMILES string of the molecule is Cc1cc2c(N(C)CCC(C)O)nccn2n1. The van der Waals surface area contributed by atoms with Gasteiger partial charge in [-0.05, 0) is 26.3 Å². The Bertz CT molecular complexity index is 506. The predicted molar refractivity (Wildman–Crippen MR) is 67.3 cm³/mol. The minimum atomic E-state index is -0.288. The van der Waals surface area contributed by atoms with Crippen molar-refractivity contribution < 1.29 is 5.11 Å². The molecule has 1 N–H and O–H groups in total. The molecule has 0 aliphatic heterocycles. The molecule has 0 saturated heterocycles. The molecule has 2 rings (SSSR count). The minimum Gasteiger partial charge on any atom is -0.393 e. The average Bonchev–Trinajstić information content (AvgIpc) is 2.65. The van der Waals surface area contributed by atoms with Crippen molar-refractivity contribution in [2.24, 2.45) is 0 Å². The number of hydrogen-bond acceptors (Lipinski definition) is 4. The molecule has 92 valence electrons. The summed E-state index contributed by atoms with van der Waals surface area (Å²) in [6.45, 7) is 4.53. The number of anilines is 1. The van der Waals surface area contributed by atoms with Crippen molar-refractivity contribution in [3.8, 4) is 0 Å². The second kappa shape index (κ2) is 4.71. The lowest BCUT2D eigenvalue weighted by Gasteiger charge is -2.19. The molecule has 0 radical (unpaired) electrons. The average molecular weight is 234 g/mol. The molecule has 2 heterocycles. The number of nitrogens with zero attached hydrogens (tertiary/aromatic N) is 4. The Morgan fingerprint density at radius 1 is 1.53 bits per heavy atom. The van der Waals surface area contributed by atoms with Gasteiger partial charge in [-0.25, -0.2) is 9.50 Å². The van der Waals surface area contributed by atoms with E-state index in [9.17, 15) is 5.11 Å². The number of fused-ring (bicyclic) bond motifs is 1. The molecule has 5 nitrogen and oxygen atoms in total. The summed E-state index contributed by atoms with van der Waals surface area (Å²) in [4.78, 5) is 6.43. The summed E-state index contributed by atoms with van der Waals surface area (Å²) in [5.41, 5.74) is 1.97. The lowest BCUT2D eigenvalue weighted by atomic mass is 10.2. The number of aryl methyl sites for hydroxylation is 1. The monoisotopic (exact) mass is 234 g/mol. The lowest BCUT2D eigenvalue weighted by Crippen LogP contribution is -2.23. The van der Waals surface area contributed by atoms with E-state index in [4.69, 9.17) is 0 Å². The highest BCUT2D eigenvalue weighted by Gasteiger charge is 2.10. The first-order valence-corrected chi connectivity index (χ1v) is 5.78. The normalized spacial score (nSPS) is 12.9. The molecule has 1 atom stereocenters. The van der Waals surface area contributed by atoms with Crippen LogP contribution in [0.5, 0.6) is 0 Å². The van der Waals surface area contributed by atoms with Crippen LogP contribution in [0.25, 0.3) is 5.52 Å². The molecule has 0 saturated carbocycles. The molecule has 0 spiro atoms. The molecule has 2 aromatic rings. The lowest BCUT2D eigenvalue weighted by molar-refractivity contribution is 0.187. The summed E-state index contributed by atoms with van der Waals surface area (Å²) < 4.78 is 1.83. The Kier molecular flexibility index (Phi) is 3.28. The molecule has 0 aromatic carbocycles. The van der Waals surface area contributed by atoms with Crippen LogP contribution in [0.2, 0.25) is 0 Å². The summed E-state index contributed by atoms with van der Waals surface area (Å²) in [6.07, 6.45) is 4.03. The van der Waals surface area contributed by atoms with E-state index in [2.05, 4.69) is 10.1 Å². The third-order valence-corrected chi connectivity index (χ3v) is 2.74. The van der Waals surface area contributed by atoms with Crippen LogP contribution in [0.3, 0.4) is 0 Å². The van der Waals surface area contributed by atoms with Gasteiger partial charge in [-0.15, -0.1) is 0 Å². The van der Waals surface area contributed by atoms with Crippen LogP contribution in [0.4, 0.5) is 5.82 Å². The van der Waals surface area contributed by atoms with Crippen molar-refractivity contribution in [1.29, 1.82) is 0 Å². The van der Waals surface area contributed by atoms with E-state index in [1.807, 2.05) is 35.6 Å². The summed E-state index contributed by atoms with van der Waals surface area (Å²) in [5, 5.41) is 13.7. The third-order valence-electron chi connectivity index (χ3n) is 2.74. The molecule has 17 heavy (non-hydrogen) atoms. The standard InChI is InChI=1S/C12H18N4O/c1-9-8-11-12(13-5-7-16(11)14-9)15(3)6-4-10(2)17/h5,7-8,10,17H,4,6H2,1-3H3. The molecule has 1 unspecified atom stereocenters. The quantitative estimate of drug-likeness (QED) is 0.865. The zero-order chi connectivity index (χ0) is 12.4. The molecule has 0 aliphatic carbocycles. The van der Waals surface area contributed by atoms with Gasteiger partial charge in [-0.1, -0.05) is 0 Å². The van der Waals surface area contributed by atoms with Gasteiger partial charge in [0.05, 0.1) is 11.8 Å². The van der Waals surface area contributed by atoms with Gasteiger partial charge >= 0.3 is 0 Å². The van der Waals surface area contributed by atoms with E-state index in [0.717, 1.165) is 30.0 Å². The maximum Gasteiger partial charge on any atom is 0.154 e. The molecule has 0 fully saturated rings. The number of aliphatic hydroxyl groups is 1. The maximum absolute atomic E-state index is 9.30. The van der Waals surface area contributed by atoms with E-state index in [-0.39, 0.29) is 6.10 Å². The number of aromatic nitrogens is 3. The molecule has 0 bridgehead atoms. The van der Waals surface area contributed by atoms with Crippen LogP contribution in [-0.4, -0.2) is 39.4 Å². The van der Waals surface area contributed by atoms with Gasteiger partial charge in [-0.3, -0.25) is 0 Å². The minimum absolute atomic E-state index is 0.288. The zero-order valence-corrected chi connectivity index (χ0v) is 10.5. The first-order valence-electron chi connectivity index (χ1n) is 5.78. The van der Waals surface area contributed by atoms with E-state index < -0.39 is 0 Å². The van der Waals surface area contributed by atoms with Gasteiger partial charge < -0.3 is 10.0 Å². The summed E-state index contributed by atoms with van der Waals surface area (Å²) in [7, 11) is 1.98. The van der Waals surface area contributed by atoms with Gasteiger partial charge in [-0.2, -0.15) is 5.10 Å². The summed E-state index contributed by atoms with van der Waals surface area (Å²) in [6, 6.07) is 2.02. The van der Waals surface area contributed by atoms with E-state index in [1.54, 1.807) is 13.1 Å². The smallest absolute Gasteiger partial charge is 0.154 e. The van der Waals surface area contributed by atoms with Crippen molar-refractivity contribution in [2.45, 2.75) is 26.4 Å². The van der Waals surface area contributed by atoms with Crippen LogP contribution >= 0.6 is 0 Å². The van der Waals surface area contributed by atoms with Crippen LogP contribution in [-0.2, 0) is 0 Å². The van der Waals surface area contributed by atoms with Gasteiger partial charge in [0.1, 0.15) is 5.52 Å². The first-order chi connectivity index (χ1) is 8.08. The summed E-state index contributed by atoms with van der Waals surface area (Å²) >= 11 is 0. The highest BCUT2D eigenvalue weighted by Crippen LogP contribution is 2.18. The predicted octanol–water partition coefficient (Wildman–Crippen LogP) is 1.24. The fourth-order valence-corrected chi connectivity index (χ4v) is 1.81. The Hall–Kier alpha value is -1.62.